The van der Waals surface area contributed by atoms with Gasteiger partial charge in [-0.3, -0.25) is 0 Å². The van der Waals surface area contributed by atoms with E-state index in [4.69, 9.17) is 23.7 Å². The van der Waals surface area contributed by atoms with Crippen LogP contribution in [-0.4, -0.2) is 24.4 Å². The van der Waals surface area contributed by atoms with E-state index in [-0.39, 0.29) is 12.3 Å². The van der Waals surface area contributed by atoms with Gasteiger partial charge in [-0.05, 0) is 49.7 Å². The number of nitrogens with zero attached hydrogens (tertiary/aromatic N) is 2. The first kappa shape index (κ1) is 21.4. The second-order valence-electron chi connectivity index (χ2n) is 8.53. The van der Waals surface area contributed by atoms with Crippen molar-refractivity contribution in [2.75, 3.05) is 13.7 Å². The van der Waals surface area contributed by atoms with E-state index >= 15 is 0 Å². The third kappa shape index (κ3) is 4.17. The largest absolute Gasteiger partial charge is 0.493 e. The smallest absolute Gasteiger partial charge is 0.214 e. The van der Waals surface area contributed by atoms with Gasteiger partial charge in [0.2, 0.25) is 6.23 Å². The number of furan rings is 1. The molecule has 3 aromatic rings. The molecule has 0 unspecified atom stereocenters. The molecule has 0 saturated carbocycles. The molecule has 0 amide bonds. The summed E-state index contributed by atoms with van der Waals surface area (Å²) in [5.74, 6) is 4.03. The van der Waals surface area contributed by atoms with Crippen molar-refractivity contribution in [1.29, 1.82) is 0 Å². The maximum Gasteiger partial charge on any atom is 0.214 e. The number of ether oxygens (including phenoxy) is 3. The Morgan fingerprint density at radius 3 is 2.73 bits per heavy atom. The Morgan fingerprint density at radius 2 is 1.94 bits per heavy atom. The minimum absolute atomic E-state index is 0.0799. The first-order valence-electron chi connectivity index (χ1n) is 11.7. The molecule has 0 N–H and O–H groups in total. The van der Waals surface area contributed by atoms with Gasteiger partial charge in [0.15, 0.2) is 11.5 Å². The van der Waals surface area contributed by atoms with Gasteiger partial charge in [-0.2, -0.15) is 5.10 Å². The maximum atomic E-state index is 6.47. The summed E-state index contributed by atoms with van der Waals surface area (Å²) < 4.78 is 24.0. The zero-order chi connectivity index (χ0) is 22.8. The highest BCUT2D eigenvalue weighted by Crippen LogP contribution is 2.48. The zero-order valence-electron chi connectivity index (χ0n) is 19.4. The van der Waals surface area contributed by atoms with E-state index in [9.17, 15) is 0 Å². The molecule has 33 heavy (non-hydrogen) atoms. The van der Waals surface area contributed by atoms with Crippen molar-refractivity contribution in [2.45, 2.75) is 51.8 Å². The number of hydrazone groups is 1. The number of hydrogen-bond acceptors (Lipinski definition) is 6. The molecule has 0 fully saturated rings. The number of rotatable bonds is 8. The fourth-order valence-electron chi connectivity index (χ4n) is 4.48. The molecule has 6 nitrogen and oxygen atoms in total. The van der Waals surface area contributed by atoms with Crippen molar-refractivity contribution in [2.24, 2.45) is 5.10 Å². The van der Waals surface area contributed by atoms with Gasteiger partial charge >= 0.3 is 0 Å². The van der Waals surface area contributed by atoms with Crippen LogP contribution >= 0.6 is 0 Å². The number of methoxy groups -OCH3 is 1. The predicted molar refractivity (Wildman–Crippen MR) is 127 cm³/mol. The number of para-hydroxylation sites is 1. The molecule has 2 aliphatic rings. The van der Waals surface area contributed by atoms with E-state index in [0.29, 0.717) is 12.4 Å². The van der Waals surface area contributed by atoms with Crippen LogP contribution in [0.4, 0.5) is 0 Å². The molecule has 172 valence electrons. The molecule has 3 heterocycles. The molecule has 6 heteroatoms. The molecule has 0 bridgehead atoms. The van der Waals surface area contributed by atoms with Crippen molar-refractivity contribution >= 4 is 5.71 Å². The van der Waals surface area contributed by atoms with Crippen LogP contribution in [0.15, 0.2) is 64.1 Å². The third-order valence-corrected chi connectivity index (χ3v) is 6.20. The molecule has 0 radical (unpaired) electrons. The van der Waals surface area contributed by atoms with Crippen molar-refractivity contribution < 1.29 is 18.6 Å². The lowest BCUT2D eigenvalue weighted by Crippen LogP contribution is -2.33. The standard InChI is InChI=1S/C27H30N2O4/c1-4-5-8-15-31-25-14-12-19(16-26(25)30-3)27-29-22(20-9-6-7-10-23(20)33-27)17-21(28-29)24-13-11-18(2)32-24/h6-7,9-14,16,22,27H,4-5,8,15,17H2,1-3H3/t22-,27+/m0/s1. The molecular formula is C27H30N2O4. The van der Waals surface area contributed by atoms with Gasteiger partial charge in [-0.15, -0.1) is 0 Å². The molecule has 0 spiro atoms. The van der Waals surface area contributed by atoms with Gasteiger partial charge in [0.05, 0.1) is 19.8 Å². The minimum atomic E-state index is -0.374. The Balaban J connectivity index is 1.47. The summed E-state index contributed by atoms with van der Waals surface area (Å²) in [6, 6.07) is 18.2. The number of unbranched alkanes of at least 4 members (excludes halogenated alkanes) is 2. The maximum absolute atomic E-state index is 6.47. The van der Waals surface area contributed by atoms with Crippen LogP contribution in [0.3, 0.4) is 0 Å². The Kier molecular flexibility index (Phi) is 5.99. The third-order valence-electron chi connectivity index (χ3n) is 6.20. The quantitative estimate of drug-likeness (QED) is 0.374. The average Bonchev–Trinajstić information content (AvgIpc) is 3.48. The molecule has 0 saturated heterocycles. The van der Waals surface area contributed by atoms with Crippen LogP contribution in [0, 0.1) is 6.92 Å². The van der Waals surface area contributed by atoms with Gasteiger partial charge < -0.3 is 18.6 Å². The summed E-state index contributed by atoms with van der Waals surface area (Å²) in [7, 11) is 1.67. The van der Waals surface area contributed by atoms with Crippen LogP contribution < -0.4 is 14.2 Å². The Morgan fingerprint density at radius 1 is 1.06 bits per heavy atom. The lowest BCUT2D eigenvalue weighted by atomic mass is 9.97. The van der Waals surface area contributed by atoms with E-state index in [0.717, 1.165) is 65.5 Å². The summed E-state index contributed by atoms with van der Waals surface area (Å²) in [5.41, 5.74) is 3.03. The van der Waals surface area contributed by atoms with Crippen molar-refractivity contribution in [3.63, 3.8) is 0 Å². The minimum Gasteiger partial charge on any atom is -0.493 e. The monoisotopic (exact) mass is 446 g/mol. The van der Waals surface area contributed by atoms with Gasteiger partial charge in [0.25, 0.3) is 0 Å². The highest BCUT2D eigenvalue weighted by molar-refractivity contribution is 5.99. The lowest BCUT2D eigenvalue weighted by Gasteiger charge is -2.38. The highest BCUT2D eigenvalue weighted by Gasteiger charge is 2.41. The van der Waals surface area contributed by atoms with Crippen LogP contribution in [0.25, 0.3) is 0 Å². The zero-order valence-corrected chi connectivity index (χ0v) is 19.4. The number of aryl methyl sites for hydroxylation is 1. The summed E-state index contributed by atoms with van der Waals surface area (Å²) in [4.78, 5) is 0. The summed E-state index contributed by atoms with van der Waals surface area (Å²) in [6.07, 6.45) is 3.74. The van der Waals surface area contributed by atoms with Crippen molar-refractivity contribution in [1.82, 2.24) is 5.01 Å². The van der Waals surface area contributed by atoms with Crippen LogP contribution in [0.2, 0.25) is 0 Å². The number of fused-ring (bicyclic) bond motifs is 3. The molecule has 2 aromatic carbocycles. The Hall–Kier alpha value is -3.41. The fraction of sp³-hybridized carbons (Fsp3) is 0.370. The van der Waals surface area contributed by atoms with E-state index in [1.165, 1.54) is 0 Å². The van der Waals surface area contributed by atoms with E-state index < -0.39 is 0 Å². The van der Waals surface area contributed by atoms with Crippen molar-refractivity contribution in [3.05, 3.63) is 77.2 Å². The topological polar surface area (TPSA) is 56.4 Å². The van der Waals surface area contributed by atoms with Gasteiger partial charge in [0.1, 0.15) is 23.0 Å². The highest BCUT2D eigenvalue weighted by atomic mass is 16.5. The number of hydrogen-bond donors (Lipinski definition) is 0. The van der Waals surface area contributed by atoms with Gasteiger partial charge in [-0.25, -0.2) is 5.01 Å². The Labute approximate surface area is 194 Å². The van der Waals surface area contributed by atoms with E-state index in [1.807, 2.05) is 60.5 Å². The second-order valence-corrected chi connectivity index (χ2v) is 8.53. The molecule has 0 aliphatic carbocycles. The fourth-order valence-corrected chi connectivity index (χ4v) is 4.48. The SMILES string of the molecule is CCCCCOc1ccc([C@H]2Oc3ccccc3[C@@H]3CC(c4ccc(C)o4)=NN23)cc1OC. The first-order valence-corrected chi connectivity index (χ1v) is 11.7. The van der Waals surface area contributed by atoms with E-state index in [2.05, 4.69) is 13.0 Å². The molecule has 5 rings (SSSR count). The van der Waals surface area contributed by atoms with Gasteiger partial charge in [0, 0.05) is 17.5 Å². The second kappa shape index (κ2) is 9.22. The summed E-state index contributed by atoms with van der Waals surface area (Å²) in [5, 5.41) is 7.01. The van der Waals surface area contributed by atoms with Crippen LogP contribution in [0.1, 0.15) is 67.5 Å². The lowest BCUT2D eigenvalue weighted by molar-refractivity contribution is -0.0191. The Bertz CT molecular complexity index is 1150. The van der Waals surface area contributed by atoms with E-state index in [1.54, 1.807) is 7.11 Å². The van der Waals surface area contributed by atoms with Gasteiger partial charge in [-0.1, -0.05) is 38.0 Å². The molecule has 1 aromatic heterocycles. The first-order chi connectivity index (χ1) is 16.2. The molecular weight excluding hydrogens is 416 g/mol. The molecule has 2 atom stereocenters. The van der Waals surface area contributed by atoms with Crippen molar-refractivity contribution in [3.8, 4) is 17.2 Å². The normalized spacial score (nSPS) is 18.9. The average molecular weight is 447 g/mol. The number of benzene rings is 2. The predicted octanol–water partition coefficient (Wildman–Crippen LogP) is 6.41. The van der Waals surface area contributed by atoms with Crippen LogP contribution in [0.5, 0.6) is 17.2 Å². The van der Waals surface area contributed by atoms with Crippen LogP contribution in [-0.2, 0) is 0 Å². The summed E-state index contributed by atoms with van der Waals surface area (Å²) in [6.45, 7) is 4.82. The summed E-state index contributed by atoms with van der Waals surface area (Å²) >= 11 is 0. The molecule has 2 aliphatic heterocycles.